The van der Waals surface area contributed by atoms with Gasteiger partial charge < -0.3 is 9.88 Å². The van der Waals surface area contributed by atoms with E-state index in [4.69, 9.17) is 0 Å². The molecule has 0 spiro atoms. The molecule has 1 heterocycles. The zero-order chi connectivity index (χ0) is 10.1. The molecule has 0 atom stereocenters. The fourth-order valence-electron chi connectivity index (χ4n) is 2.10. The molecule has 0 saturated carbocycles. The molecule has 0 unspecified atom stereocenters. The van der Waals surface area contributed by atoms with Crippen LogP contribution >= 0.6 is 0 Å². The lowest BCUT2D eigenvalue weighted by atomic mass is 10.1. The highest BCUT2D eigenvalue weighted by Gasteiger charge is 2.06. The minimum Gasteiger partial charge on any atom is -0.350 e. The fourth-order valence-corrected chi connectivity index (χ4v) is 2.10. The number of aryl methyl sites for hydroxylation is 2. The van der Waals surface area contributed by atoms with Crippen molar-refractivity contribution in [1.29, 1.82) is 0 Å². The van der Waals surface area contributed by atoms with E-state index in [9.17, 15) is 0 Å². The van der Waals surface area contributed by atoms with Gasteiger partial charge in [-0.2, -0.15) is 0 Å². The van der Waals surface area contributed by atoms with Crippen molar-refractivity contribution in [3.8, 4) is 0 Å². The number of fused-ring (bicyclic) bond motifs is 1. The van der Waals surface area contributed by atoms with Crippen molar-refractivity contribution in [2.24, 2.45) is 7.05 Å². The van der Waals surface area contributed by atoms with E-state index in [2.05, 4.69) is 48.3 Å². The molecule has 0 radical (unpaired) electrons. The average molecular weight is 188 g/mol. The number of nitrogens with one attached hydrogen (secondary N) is 1. The van der Waals surface area contributed by atoms with E-state index in [1.54, 1.807) is 0 Å². The highest BCUT2D eigenvalue weighted by atomic mass is 14.9. The molecule has 0 fully saturated rings. The largest absolute Gasteiger partial charge is 0.350 e. The summed E-state index contributed by atoms with van der Waals surface area (Å²) in [5.74, 6) is 0. The fraction of sp³-hybridized carbons (Fsp3) is 0.333. The number of aromatic nitrogens is 1. The lowest BCUT2D eigenvalue weighted by Gasteiger charge is -2.03. The van der Waals surface area contributed by atoms with Crippen molar-refractivity contribution in [1.82, 2.24) is 9.88 Å². The minimum absolute atomic E-state index is 0.933. The molecular weight excluding hydrogens is 172 g/mol. The Morgan fingerprint density at radius 3 is 2.86 bits per heavy atom. The summed E-state index contributed by atoms with van der Waals surface area (Å²) in [4.78, 5) is 0. The molecule has 2 aromatic rings. The molecule has 14 heavy (non-hydrogen) atoms. The standard InChI is InChI=1S/C12H16N2/c1-9-8-14(3)11-6-4-5-10(7-13-2)12(9)11/h4-6,8,13H,7H2,1-3H3. The normalized spacial score (nSPS) is 11.1. The third kappa shape index (κ3) is 1.32. The van der Waals surface area contributed by atoms with Gasteiger partial charge in [0.1, 0.15) is 0 Å². The van der Waals surface area contributed by atoms with Crippen LogP contribution in [0.25, 0.3) is 10.9 Å². The minimum atomic E-state index is 0.933. The average Bonchev–Trinajstić information content (AvgIpc) is 2.44. The van der Waals surface area contributed by atoms with E-state index >= 15 is 0 Å². The van der Waals surface area contributed by atoms with Crippen LogP contribution in [0, 0.1) is 6.92 Å². The molecule has 0 aliphatic rings. The Morgan fingerprint density at radius 1 is 1.36 bits per heavy atom. The van der Waals surface area contributed by atoms with Gasteiger partial charge >= 0.3 is 0 Å². The Bertz CT molecular complexity index is 455. The van der Waals surface area contributed by atoms with Crippen LogP contribution in [0.5, 0.6) is 0 Å². The van der Waals surface area contributed by atoms with Crippen LogP contribution in [0.4, 0.5) is 0 Å². The summed E-state index contributed by atoms with van der Waals surface area (Å²) in [5.41, 5.74) is 4.05. The first kappa shape index (κ1) is 9.28. The second kappa shape index (κ2) is 3.46. The van der Waals surface area contributed by atoms with Gasteiger partial charge in [0.2, 0.25) is 0 Å². The lowest BCUT2D eigenvalue weighted by Crippen LogP contribution is -2.05. The molecular formula is C12H16N2. The maximum atomic E-state index is 3.20. The van der Waals surface area contributed by atoms with Gasteiger partial charge in [0, 0.05) is 30.7 Å². The van der Waals surface area contributed by atoms with Crippen molar-refractivity contribution in [3.63, 3.8) is 0 Å². The molecule has 1 aromatic heterocycles. The summed E-state index contributed by atoms with van der Waals surface area (Å²) in [6.07, 6.45) is 2.18. The number of nitrogens with zero attached hydrogens (tertiary/aromatic N) is 1. The molecule has 2 heteroatoms. The van der Waals surface area contributed by atoms with E-state index in [0.29, 0.717) is 0 Å². The van der Waals surface area contributed by atoms with Gasteiger partial charge in [0.15, 0.2) is 0 Å². The third-order valence-electron chi connectivity index (χ3n) is 2.66. The van der Waals surface area contributed by atoms with Gasteiger partial charge in [0.25, 0.3) is 0 Å². The van der Waals surface area contributed by atoms with Gasteiger partial charge in [-0.1, -0.05) is 12.1 Å². The molecule has 0 aliphatic heterocycles. The highest BCUT2D eigenvalue weighted by Crippen LogP contribution is 2.23. The van der Waals surface area contributed by atoms with Gasteiger partial charge in [-0.3, -0.25) is 0 Å². The third-order valence-corrected chi connectivity index (χ3v) is 2.66. The van der Waals surface area contributed by atoms with Crippen LogP contribution in [0.1, 0.15) is 11.1 Å². The van der Waals surface area contributed by atoms with E-state index in [0.717, 1.165) is 6.54 Å². The Balaban J connectivity index is 2.72. The van der Waals surface area contributed by atoms with Gasteiger partial charge in [-0.05, 0) is 31.2 Å². The monoisotopic (exact) mass is 188 g/mol. The quantitative estimate of drug-likeness (QED) is 0.764. The highest BCUT2D eigenvalue weighted by molar-refractivity contribution is 5.87. The van der Waals surface area contributed by atoms with E-state index in [1.165, 1.54) is 22.0 Å². The van der Waals surface area contributed by atoms with Crippen molar-refractivity contribution in [2.45, 2.75) is 13.5 Å². The maximum Gasteiger partial charge on any atom is 0.0483 e. The van der Waals surface area contributed by atoms with Crippen LogP contribution in [-0.4, -0.2) is 11.6 Å². The van der Waals surface area contributed by atoms with Gasteiger partial charge in [-0.25, -0.2) is 0 Å². The van der Waals surface area contributed by atoms with E-state index < -0.39 is 0 Å². The predicted octanol–water partition coefficient (Wildman–Crippen LogP) is 2.21. The van der Waals surface area contributed by atoms with Crippen LogP contribution in [-0.2, 0) is 13.6 Å². The number of hydrogen-bond acceptors (Lipinski definition) is 1. The Hall–Kier alpha value is -1.28. The second-order valence-electron chi connectivity index (χ2n) is 3.76. The lowest BCUT2D eigenvalue weighted by molar-refractivity contribution is 0.823. The van der Waals surface area contributed by atoms with Crippen molar-refractivity contribution >= 4 is 10.9 Å². The second-order valence-corrected chi connectivity index (χ2v) is 3.76. The summed E-state index contributed by atoms with van der Waals surface area (Å²) in [7, 11) is 4.08. The Kier molecular flexibility index (Phi) is 2.30. The summed E-state index contributed by atoms with van der Waals surface area (Å²) in [6, 6.07) is 6.47. The first-order chi connectivity index (χ1) is 6.74. The van der Waals surface area contributed by atoms with Gasteiger partial charge in [0.05, 0.1) is 0 Å². The molecule has 2 rings (SSSR count). The van der Waals surface area contributed by atoms with Crippen LogP contribution in [0.3, 0.4) is 0 Å². The predicted molar refractivity (Wildman–Crippen MR) is 60.4 cm³/mol. The van der Waals surface area contributed by atoms with Crippen molar-refractivity contribution < 1.29 is 0 Å². The molecule has 74 valence electrons. The molecule has 1 N–H and O–H groups in total. The molecule has 0 saturated heterocycles. The first-order valence-corrected chi connectivity index (χ1v) is 4.92. The number of rotatable bonds is 2. The summed E-state index contributed by atoms with van der Waals surface area (Å²) in [5, 5.41) is 4.60. The molecule has 0 amide bonds. The van der Waals surface area contributed by atoms with Crippen LogP contribution in [0.15, 0.2) is 24.4 Å². The SMILES string of the molecule is CNCc1cccc2c1c(C)cn2C. The maximum absolute atomic E-state index is 3.20. The zero-order valence-corrected chi connectivity index (χ0v) is 8.96. The van der Waals surface area contributed by atoms with E-state index in [-0.39, 0.29) is 0 Å². The summed E-state index contributed by atoms with van der Waals surface area (Å²) >= 11 is 0. The van der Waals surface area contributed by atoms with Crippen molar-refractivity contribution in [2.75, 3.05) is 7.05 Å². The van der Waals surface area contributed by atoms with Crippen molar-refractivity contribution in [3.05, 3.63) is 35.5 Å². The summed E-state index contributed by atoms with van der Waals surface area (Å²) in [6.45, 7) is 3.10. The Labute approximate surface area is 84.5 Å². The smallest absolute Gasteiger partial charge is 0.0483 e. The Morgan fingerprint density at radius 2 is 2.14 bits per heavy atom. The zero-order valence-electron chi connectivity index (χ0n) is 8.96. The van der Waals surface area contributed by atoms with Gasteiger partial charge in [-0.15, -0.1) is 0 Å². The number of hydrogen-bond donors (Lipinski definition) is 1. The summed E-state index contributed by atoms with van der Waals surface area (Å²) < 4.78 is 2.18. The van der Waals surface area contributed by atoms with Crippen LogP contribution in [0.2, 0.25) is 0 Å². The molecule has 0 bridgehead atoms. The molecule has 2 nitrogen and oxygen atoms in total. The molecule has 1 aromatic carbocycles. The topological polar surface area (TPSA) is 17.0 Å². The molecule has 0 aliphatic carbocycles. The van der Waals surface area contributed by atoms with E-state index in [1.807, 2.05) is 7.05 Å². The van der Waals surface area contributed by atoms with Crippen LogP contribution < -0.4 is 5.32 Å². The first-order valence-electron chi connectivity index (χ1n) is 4.92. The number of benzene rings is 1.